The van der Waals surface area contributed by atoms with Gasteiger partial charge in [-0.15, -0.1) is 0 Å². The molecule has 4 rings (SSSR count). The molecule has 0 fully saturated rings. The molecular formula is C16H13N5O2S. The predicted octanol–water partition coefficient (Wildman–Crippen LogP) is 1.63. The molecule has 1 aliphatic heterocycles. The van der Waals surface area contributed by atoms with E-state index in [0.717, 1.165) is 22.8 Å². The third-order valence-electron chi connectivity index (χ3n) is 3.89. The Morgan fingerprint density at radius 1 is 1.25 bits per heavy atom. The number of nitrogens with one attached hydrogen (secondary N) is 1. The molecule has 0 atom stereocenters. The largest absolute Gasteiger partial charge is 0.369 e. The van der Waals surface area contributed by atoms with Gasteiger partial charge in [0.25, 0.3) is 11.5 Å². The van der Waals surface area contributed by atoms with Gasteiger partial charge in [-0.25, -0.2) is 4.98 Å². The zero-order chi connectivity index (χ0) is 16.7. The number of aromatic nitrogens is 3. The number of hydrogen-bond donors (Lipinski definition) is 2. The van der Waals surface area contributed by atoms with Gasteiger partial charge >= 0.3 is 0 Å². The summed E-state index contributed by atoms with van der Waals surface area (Å²) < 4.78 is 4.35. The minimum Gasteiger partial charge on any atom is -0.369 e. The SMILES string of the molecule is Nc1nc2c(c(=O)[nH]1)CN(C(=O)c1cc(-c3ccccc3)ns1)C2. The maximum absolute atomic E-state index is 12.7. The number of rotatable bonds is 2. The Labute approximate surface area is 140 Å². The number of hydrogen-bond acceptors (Lipinski definition) is 6. The molecule has 3 N–H and O–H groups in total. The number of benzene rings is 1. The molecule has 3 aromatic rings. The maximum atomic E-state index is 12.7. The Balaban J connectivity index is 1.59. The maximum Gasteiger partial charge on any atom is 0.266 e. The van der Waals surface area contributed by atoms with Crippen molar-refractivity contribution in [2.24, 2.45) is 0 Å². The lowest BCUT2D eigenvalue weighted by Crippen LogP contribution is -2.25. The van der Waals surface area contributed by atoms with Crippen molar-refractivity contribution < 1.29 is 4.79 Å². The van der Waals surface area contributed by atoms with E-state index in [0.29, 0.717) is 16.1 Å². The first-order valence-corrected chi connectivity index (χ1v) is 8.08. The lowest BCUT2D eigenvalue weighted by Gasteiger charge is -2.12. The van der Waals surface area contributed by atoms with E-state index in [1.807, 2.05) is 30.3 Å². The second-order valence-corrected chi connectivity index (χ2v) is 6.29. The average molecular weight is 339 g/mol. The number of nitrogens with two attached hydrogens (primary N) is 1. The van der Waals surface area contributed by atoms with Crippen molar-refractivity contribution in [1.29, 1.82) is 0 Å². The van der Waals surface area contributed by atoms with Gasteiger partial charge in [-0.2, -0.15) is 4.37 Å². The van der Waals surface area contributed by atoms with Gasteiger partial charge in [-0.05, 0) is 17.6 Å². The smallest absolute Gasteiger partial charge is 0.266 e. The van der Waals surface area contributed by atoms with Crippen LogP contribution in [-0.4, -0.2) is 25.1 Å². The molecule has 0 radical (unpaired) electrons. The highest BCUT2D eigenvalue weighted by molar-refractivity contribution is 7.08. The van der Waals surface area contributed by atoms with E-state index in [4.69, 9.17) is 5.73 Å². The number of nitrogens with zero attached hydrogens (tertiary/aromatic N) is 3. The predicted molar refractivity (Wildman–Crippen MR) is 90.4 cm³/mol. The Hall–Kier alpha value is -3.00. The summed E-state index contributed by atoms with van der Waals surface area (Å²) in [7, 11) is 0. The minimum atomic E-state index is -0.290. The van der Waals surface area contributed by atoms with E-state index in [9.17, 15) is 9.59 Å². The van der Waals surface area contributed by atoms with Crippen LogP contribution in [0.1, 0.15) is 20.9 Å². The summed E-state index contributed by atoms with van der Waals surface area (Å²) in [6.45, 7) is 0.510. The Morgan fingerprint density at radius 2 is 2.04 bits per heavy atom. The molecule has 120 valence electrons. The summed E-state index contributed by atoms with van der Waals surface area (Å²) in [5.74, 6) is -0.0946. The highest BCUT2D eigenvalue weighted by Gasteiger charge is 2.29. The zero-order valence-corrected chi connectivity index (χ0v) is 13.3. The molecule has 1 aliphatic rings. The van der Waals surface area contributed by atoms with Gasteiger partial charge in [0.15, 0.2) is 0 Å². The highest BCUT2D eigenvalue weighted by Crippen LogP contribution is 2.25. The number of carbonyl (C=O) groups excluding carboxylic acids is 1. The van der Waals surface area contributed by atoms with Gasteiger partial charge in [0, 0.05) is 5.56 Å². The molecule has 0 unspecified atom stereocenters. The van der Waals surface area contributed by atoms with Crippen molar-refractivity contribution >= 4 is 23.4 Å². The average Bonchev–Trinajstić information content (AvgIpc) is 3.22. The number of aromatic amines is 1. The molecule has 0 aliphatic carbocycles. The topological polar surface area (TPSA) is 105 Å². The molecule has 24 heavy (non-hydrogen) atoms. The molecule has 3 heterocycles. The number of amides is 1. The first-order valence-electron chi connectivity index (χ1n) is 7.31. The first-order chi connectivity index (χ1) is 11.6. The van der Waals surface area contributed by atoms with Crippen molar-refractivity contribution in [3.63, 3.8) is 0 Å². The van der Waals surface area contributed by atoms with Crippen molar-refractivity contribution in [3.8, 4) is 11.3 Å². The summed E-state index contributed by atoms with van der Waals surface area (Å²) in [4.78, 5) is 33.3. The van der Waals surface area contributed by atoms with E-state index in [2.05, 4.69) is 14.3 Å². The first kappa shape index (κ1) is 14.6. The van der Waals surface area contributed by atoms with Gasteiger partial charge in [0.05, 0.1) is 30.0 Å². The summed E-state index contributed by atoms with van der Waals surface area (Å²) in [6.07, 6.45) is 0. The molecule has 0 spiro atoms. The van der Waals surface area contributed by atoms with Gasteiger partial charge in [-0.1, -0.05) is 30.3 Å². The van der Waals surface area contributed by atoms with Crippen LogP contribution in [0.5, 0.6) is 0 Å². The molecule has 8 heteroatoms. The van der Waals surface area contributed by atoms with Gasteiger partial charge in [-0.3, -0.25) is 14.6 Å². The standard InChI is InChI=1S/C16H13N5O2S/c17-16-18-12-8-21(7-10(12)14(22)19-16)15(23)13-6-11(20-24-13)9-4-2-1-3-5-9/h1-6H,7-8H2,(H3,17,18,19,22). The summed E-state index contributed by atoms with van der Waals surface area (Å²) in [5, 5.41) is 0. The third kappa shape index (κ3) is 2.46. The fourth-order valence-electron chi connectivity index (χ4n) is 2.71. The van der Waals surface area contributed by atoms with E-state index in [1.165, 1.54) is 0 Å². The van der Waals surface area contributed by atoms with Crippen molar-refractivity contribution in [1.82, 2.24) is 19.2 Å². The molecule has 0 saturated carbocycles. The summed E-state index contributed by atoms with van der Waals surface area (Å²) in [5.41, 5.74) is 8.03. The second-order valence-electron chi connectivity index (χ2n) is 5.48. The van der Waals surface area contributed by atoms with Crippen LogP contribution in [0.25, 0.3) is 11.3 Å². The molecule has 7 nitrogen and oxygen atoms in total. The van der Waals surface area contributed by atoms with Crippen LogP contribution < -0.4 is 11.3 Å². The van der Waals surface area contributed by atoms with Crippen molar-refractivity contribution in [2.45, 2.75) is 13.1 Å². The molecular weight excluding hydrogens is 326 g/mol. The normalized spacial score (nSPS) is 13.1. The number of fused-ring (bicyclic) bond motifs is 1. The van der Waals surface area contributed by atoms with Crippen LogP contribution in [0.15, 0.2) is 41.2 Å². The van der Waals surface area contributed by atoms with Gasteiger partial charge < -0.3 is 10.6 Å². The third-order valence-corrected chi connectivity index (χ3v) is 4.66. The number of nitrogen functional groups attached to an aromatic ring is 1. The van der Waals surface area contributed by atoms with Crippen molar-refractivity contribution in [2.75, 3.05) is 5.73 Å². The van der Waals surface area contributed by atoms with Crippen LogP contribution in [-0.2, 0) is 13.1 Å². The lowest BCUT2D eigenvalue weighted by molar-refractivity contribution is 0.0755. The fourth-order valence-corrected chi connectivity index (χ4v) is 3.43. The quantitative estimate of drug-likeness (QED) is 0.738. The molecule has 0 bridgehead atoms. The van der Waals surface area contributed by atoms with Crippen LogP contribution in [0.3, 0.4) is 0 Å². The summed E-state index contributed by atoms with van der Waals surface area (Å²) >= 11 is 1.15. The molecule has 1 aromatic carbocycles. The fraction of sp³-hybridized carbons (Fsp3) is 0.125. The van der Waals surface area contributed by atoms with Crippen LogP contribution in [0.2, 0.25) is 0 Å². The van der Waals surface area contributed by atoms with E-state index < -0.39 is 0 Å². The second kappa shape index (κ2) is 5.57. The number of anilines is 1. The number of H-pyrrole nitrogens is 1. The van der Waals surface area contributed by atoms with E-state index in [1.54, 1.807) is 11.0 Å². The Kier molecular flexibility index (Phi) is 3.39. The minimum absolute atomic E-state index is 0.0669. The summed E-state index contributed by atoms with van der Waals surface area (Å²) in [6, 6.07) is 11.4. The lowest BCUT2D eigenvalue weighted by atomic mass is 10.1. The van der Waals surface area contributed by atoms with Gasteiger partial charge in [0.2, 0.25) is 5.95 Å². The molecule has 2 aromatic heterocycles. The van der Waals surface area contributed by atoms with Crippen LogP contribution in [0, 0.1) is 0 Å². The van der Waals surface area contributed by atoms with E-state index >= 15 is 0 Å². The molecule has 1 amide bonds. The van der Waals surface area contributed by atoms with Gasteiger partial charge in [0.1, 0.15) is 4.88 Å². The van der Waals surface area contributed by atoms with Crippen molar-refractivity contribution in [3.05, 3.63) is 62.9 Å². The Morgan fingerprint density at radius 3 is 2.83 bits per heavy atom. The highest BCUT2D eigenvalue weighted by atomic mass is 32.1. The Bertz CT molecular complexity index is 980. The molecule has 0 saturated heterocycles. The van der Waals surface area contributed by atoms with E-state index in [-0.39, 0.29) is 30.5 Å². The number of carbonyl (C=O) groups is 1. The van der Waals surface area contributed by atoms with Crippen LogP contribution >= 0.6 is 11.5 Å². The van der Waals surface area contributed by atoms with Crippen LogP contribution in [0.4, 0.5) is 5.95 Å². The monoisotopic (exact) mass is 339 g/mol. The zero-order valence-electron chi connectivity index (χ0n) is 12.5.